The number of benzene rings is 1. The van der Waals surface area contributed by atoms with E-state index >= 15 is 0 Å². The highest BCUT2D eigenvalue weighted by atomic mass is 19.2. The quantitative estimate of drug-likeness (QED) is 0.847. The number of amides is 1. The minimum atomic E-state index is -0.896. The van der Waals surface area contributed by atoms with Crippen LogP contribution in [0.4, 0.5) is 8.78 Å². The highest BCUT2D eigenvalue weighted by molar-refractivity contribution is 5.78. The average Bonchev–Trinajstić information content (AvgIpc) is 2.60. The zero-order valence-corrected chi connectivity index (χ0v) is 14.3. The van der Waals surface area contributed by atoms with Crippen molar-refractivity contribution in [3.05, 3.63) is 35.4 Å². The summed E-state index contributed by atoms with van der Waals surface area (Å²) >= 11 is 0. The summed E-state index contributed by atoms with van der Waals surface area (Å²) in [6, 6.07) is 4.02. The third-order valence-electron chi connectivity index (χ3n) is 5.70. The highest BCUT2D eigenvalue weighted by Gasteiger charge is 2.30. The van der Waals surface area contributed by atoms with Crippen molar-refractivity contribution in [3.63, 3.8) is 0 Å². The lowest BCUT2D eigenvalue weighted by Crippen LogP contribution is -2.42. The van der Waals surface area contributed by atoms with E-state index in [9.17, 15) is 13.6 Å². The number of hydrogen-bond acceptors (Lipinski definition) is 2. The Morgan fingerprint density at radius 3 is 2.25 bits per heavy atom. The smallest absolute Gasteiger partial charge is 0.227 e. The summed E-state index contributed by atoms with van der Waals surface area (Å²) in [5.41, 5.74) is 0.150. The third-order valence-corrected chi connectivity index (χ3v) is 5.70. The molecule has 1 aromatic rings. The van der Waals surface area contributed by atoms with Crippen LogP contribution in [-0.4, -0.2) is 48.9 Å². The fraction of sp³-hybridized carbons (Fsp3) is 0.632. The largest absolute Gasteiger partial charge is 0.342 e. The lowest BCUT2D eigenvalue weighted by atomic mass is 9.79. The van der Waals surface area contributed by atoms with Gasteiger partial charge in [0.2, 0.25) is 5.91 Å². The Bertz CT molecular complexity index is 577. The first kappa shape index (κ1) is 17.3. The Morgan fingerprint density at radius 2 is 1.62 bits per heavy atom. The number of rotatable bonds is 3. The zero-order valence-electron chi connectivity index (χ0n) is 14.3. The minimum absolute atomic E-state index is 0.0531. The molecular weight excluding hydrogens is 310 g/mol. The fourth-order valence-corrected chi connectivity index (χ4v) is 4.08. The first-order valence-corrected chi connectivity index (χ1v) is 8.94. The van der Waals surface area contributed by atoms with Crippen LogP contribution in [0.3, 0.4) is 0 Å². The molecule has 2 aliphatic heterocycles. The van der Waals surface area contributed by atoms with Crippen molar-refractivity contribution in [1.29, 1.82) is 0 Å². The molecule has 3 nitrogen and oxygen atoms in total. The number of carbonyl (C=O) groups excluding carboxylic acids is 1. The summed E-state index contributed by atoms with van der Waals surface area (Å²) in [4.78, 5) is 16.6. The Labute approximate surface area is 142 Å². The van der Waals surface area contributed by atoms with E-state index in [1.165, 1.54) is 38.1 Å². The number of halogens is 2. The van der Waals surface area contributed by atoms with Gasteiger partial charge in [0.15, 0.2) is 11.6 Å². The number of hydrogen-bond donors (Lipinski definition) is 0. The number of nitrogens with zero attached hydrogens (tertiary/aromatic N) is 2. The highest BCUT2D eigenvalue weighted by Crippen LogP contribution is 2.32. The van der Waals surface area contributed by atoms with Crippen LogP contribution in [-0.2, 0) is 11.2 Å². The summed E-state index contributed by atoms with van der Waals surface area (Å²) in [6.45, 7) is 3.82. The van der Waals surface area contributed by atoms with Crippen LogP contribution in [0.1, 0.15) is 31.2 Å². The van der Waals surface area contributed by atoms with Gasteiger partial charge in [0.05, 0.1) is 6.42 Å². The summed E-state index contributed by atoms with van der Waals surface area (Å²) < 4.78 is 27.0. The molecule has 2 saturated heterocycles. The molecular formula is C19H26F2N2O. The summed E-state index contributed by atoms with van der Waals surface area (Å²) in [5.74, 6) is -0.401. The van der Waals surface area contributed by atoms with Crippen molar-refractivity contribution < 1.29 is 13.6 Å². The average molecular weight is 336 g/mol. The summed E-state index contributed by atoms with van der Waals surface area (Å²) in [6.07, 6.45) is 4.52. The van der Waals surface area contributed by atoms with Crippen LogP contribution >= 0.6 is 0 Å². The van der Waals surface area contributed by atoms with Gasteiger partial charge in [-0.05, 0) is 63.7 Å². The Kier molecular flexibility index (Phi) is 5.49. The van der Waals surface area contributed by atoms with Gasteiger partial charge in [-0.25, -0.2) is 8.78 Å². The van der Waals surface area contributed by atoms with E-state index in [4.69, 9.17) is 0 Å². The molecule has 3 rings (SSSR count). The van der Waals surface area contributed by atoms with Gasteiger partial charge < -0.3 is 9.80 Å². The van der Waals surface area contributed by atoms with Crippen LogP contribution in [0.5, 0.6) is 0 Å². The van der Waals surface area contributed by atoms with Crippen molar-refractivity contribution in [2.75, 3.05) is 33.2 Å². The molecule has 2 aliphatic rings. The lowest BCUT2D eigenvalue weighted by Gasteiger charge is -2.39. The van der Waals surface area contributed by atoms with Crippen molar-refractivity contribution >= 4 is 5.91 Å². The topological polar surface area (TPSA) is 23.6 Å². The number of likely N-dealkylation sites (tertiary alicyclic amines) is 2. The molecule has 0 atom stereocenters. The van der Waals surface area contributed by atoms with Crippen molar-refractivity contribution in [2.45, 2.75) is 32.1 Å². The normalized spacial score (nSPS) is 21.2. The van der Waals surface area contributed by atoms with Gasteiger partial charge in [-0.3, -0.25) is 4.79 Å². The van der Waals surface area contributed by atoms with Crippen LogP contribution in [0.15, 0.2) is 18.2 Å². The molecule has 5 heteroatoms. The maximum absolute atomic E-state index is 13.7. The van der Waals surface area contributed by atoms with Crippen molar-refractivity contribution in [1.82, 2.24) is 9.80 Å². The summed E-state index contributed by atoms with van der Waals surface area (Å²) in [5, 5.41) is 0. The second-order valence-electron chi connectivity index (χ2n) is 7.25. The maximum Gasteiger partial charge on any atom is 0.227 e. The van der Waals surface area contributed by atoms with Gasteiger partial charge in [-0.1, -0.05) is 12.1 Å². The lowest BCUT2D eigenvalue weighted by molar-refractivity contribution is -0.132. The molecule has 0 aliphatic carbocycles. The van der Waals surface area contributed by atoms with Crippen LogP contribution in [0, 0.1) is 23.5 Å². The van der Waals surface area contributed by atoms with E-state index in [2.05, 4.69) is 11.9 Å². The zero-order chi connectivity index (χ0) is 17.1. The predicted octanol–water partition coefficient (Wildman–Crippen LogP) is 3.09. The first-order valence-electron chi connectivity index (χ1n) is 8.94. The minimum Gasteiger partial charge on any atom is -0.342 e. The number of piperidine rings is 2. The molecule has 0 spiro atoms. The van der Waals surface area contributed by atoms with Crippen molar-refractivity contribution in [2.24, 2.45) is 11.8 Å². The fourth-order valence-electron chi connectivity index (χ4n) is 4.08. The molecule has 2 heterocycles. The summed E-state index contributed by atoms with van der Waals surface area (Å²) in [7, 11) is 2.17. The van der Waals surface area contributed by atoms with Crippen LogP contribution in [0.25, 0.3) is 0 Å². The molecule has 0 N–H and O–H groups in total. The third kappa shape index (κ3) is 3.94. The Hall–Kier alpha value is -1.49. The standard InChI is InChI=1S/C19H26F2N2O/c1-22-9-5-14(6-10-22)15-7-11-23(12-8-15)18(24)13-16-3-2-4-17(20)19(16)21/h2-4,14-15H,5-13H2,1H3. The Morgan fingerprint density at radius 1 is 1.04 bits per heavy atom. The van der Waals surface area contributed by atoms with Gasteiger partial charge in [-0.2, -0.15) is 0 Å². The molecule has 0 radical (unpaired) electrons. The molecule has 1 aromatic carbocycles. The van der Waals surface area contributed by atoms with E-state index in [1.54, 1.807) is 0 Å². The number of carbonyl (C=O) groups is 1. The molecule has 0 aromatic heterocycles. The molecule has 24 heavy (non-hydrogen) atoms. The Balaban J connectivity index is 1.51. The van der Waals surface area contributed by atoms with E-state index in [0.29, 0.717) is 5.92 Å². The molecule has 2 fully saturated rings. The second kappa shape index (κ2) is 7.60. The molecule has 1 amide bonds. The van der Waals surface area contributed by atoms with E-state index in [-0.39, 0.29) is 17.9 Å². The second-order valence-corrected chi connectivity index (χ2v) is 7.25. The van der Waals surface area contributed by atoms with Crippen LogP contribution < -0.4 is 0 Å². The van der Waals surface area contributed by atoms with Gasteiger partial charge in [0.1, 0.15) is 0 Å². The van der Waals surface area contributed by atoms with Gasteiger partial charge in [0, 0.05) is 18.7 Å². The molecule has 132 valence electrons. The van der Waals surface area contributed by atoms with Gasteiger partial charge >= 0.3 is 0 Å². The SMILES string of the molecule is CN1CCC(C2CCN(C(=O)Cc3cccc(F)c3F)CC2)CC1. The van der Waals surface area contributed by atoms with E-state index in [1.807, 2.05) is 4.90 Å². The predicted molar refractivity (Wildman–Crippen MR) is 89.6 cm³/mol. The maximum atomic E-state index is 13.7. The monoisotopic (exact) mass is 336 g/mol. The van der Waals surface area contributed by atoms with Crippen LogP contribution in [0.2, 0.25) is 0 Å². The van der Waals surface area contributed by atoms with E-state index in [0.717, 1.165) is 37.9 Å². The van der Waals surface area contributed by atoms with Gasteiger partial charge in [-0.15, -0.1) is 0 Å². The van der Waals surface area contributed by atoms with Gasteiger partial charge in [0.25, 0.3) is 0 Å². The van der Waals surface area contributed by atoms with E-state index < -0.39 is 11.6 Å². The molecule has 0 bridgehead atoms. The first-order chi connectivity index (χ1) is 11.5. The molecule has 0 saturated carbocycles. The van der Waals surface area contributed by atoms with Crippen molar-refractivity contribution in [3.8, 4) is 0 Å². The molecule has 0 unspecified atom stereocenters.